The summed E-state index contributed by atoms with van der Waals surface area (Å²) < 4.78 is 25.7. The molecule has 0 aliphatic rings. The largest absolute Gasteiger partial charge is 0.337 e. The number of rotatable bonds is 28. The van der Waals surface area contributed by atoms with Crippen molar-refractivity contribution in [3.05, 3.63) is 34.0 Å². The Kier molecular flexibility index (Phi) is 20.4. The molecular weight excluding hydrogens is 1290 g/mol. The van der Waals surface area contributed by atoms with E-state index in [1.807, 2.05) is 11.3 Å². The number of aldehydes is 2. The first-order valence-corrected chi connectivity index (χ1v) is 55.3. The van der Waals surface area contributed by atoms with E-state index in [-0.39, 0.29) is 0 Å². The smallest absolute Gasteiger partial charge is 0.160 e. The van der Waals surface area contributed by atoms with Crippen molar-refractivity contribution in [3.8, 4) is 0 Å². The molecule has 0 amide bonds. The number of hydrogen-bond donors (Lipinski definition) is 0. The molecule has 0 aliphatic heterocycles. The number of nitrogens with zero attached hydrogens (tertiary/aromatic N) is 4. The molecule has 0 spiro atoms. The minimum absolute atomic E-state index is 0.618. The zero-order valence-corrected chi connectivity index (χ0v) is 60.6. The van der Waals surface area contributed by atoms with Crippen LogP contribution in [0.3, 0.4) is 0 Å². The Hall–Kier alpha value is -1.66. The third-order valence-corrected chi connectivity index (χ3v) is 43.5. The molecule has 0 aliphatic carbocycles. The van der Waals surface area contributed by atoms with Gasteiger partial charge in [0.15, 0.2) is 12.6 Å². The molecule has 10 aromatic rings. The molecule has 4 atom stereocenters. The molecule has 10 aromatic heterocycles. The second kappa shape index (κ2) is 26.1. The second-order valence-corrected chi connectivity index (χ2v) is 62.3. The number of unbranched alkanes of at least 4 members (excludes halogenated alkanes) is 4. The Labute approximate surface area is 499 Å². The van der Waals surface area contributed by atoms with Gasteiger partial charge >= 0.3 is 272 Å². The van der Waals surface area contributed by atoms with Crippen molar-refractivity contribution in [2.24, 2.45) is 23.7 Å². The summed E-state index contributed by atoms with van der Waals surface area (Å²) in [6.07, 6.45) is 22.3. The standard InChI is InChI=1S/C30H38N2O2S3.C28H36N2S3.6CH3.2Sn/c1-5-9-11-19(7-3)15-31-23-13-21(17-33)35-27(23)29-25(31)26-30(37-29)28-24(14-22(18-34)36-28)32(26)16-20(8-4)12-10-6-2;1-5-9-11-19(7-3)17-29-21-13-15-31-25(21)27-23(29)24-28(33-27)26-22(14-16-32-26)30(24)18-20(8-4)12-10-6-2;;;;;;;;/h13-14,17-20H,5-12,15-16H2,1-4H3;13-14,19-20H,5-12,17-18H2,1-4H3;6*1H3;;. The molecule has 4 unspecified atom stereocenters. The van der Waals surface area contributed by atoms with Gasteiger partial charge in [-0.05, 0) is 36.8 Å². The predicted octanol–water partition coefficient (Wildman–Crippen LogP) is 21.8. The van der Waals surface area contributed by atoms with Crippen LogP contribution in [0.15, 0.2) is 24.3 Å². The Morgan fingerprint density at radius 2 is 0.628 bits per heavy atom. The van der Waals surface area contributed by atoms with E-state index in [2.05, 4.69) is 162 Å². The van der Waals surface area contributed by atoms with Crippen LogP contribution in [0.4, 0.5) is 0 Å². The normalized spacial score (nSPS) is 14.4. The van der Waals surface area contributed by atoms with E-state index in [4.69, 9.17) is 0 Å². The van der Waals surface area contributed by atoms with Crippen LogP contribution in [0.5, 0.6) is 0 Å². The summed E-state index contributed by atoms with van der Waals surface area (Å²) in [6.45, 7) is 23.0. The van der Waals surface area contributed by atoms with Crippen molar-refractivity contribution in [2.45, 2.75) is 214 Å². The summed E-state index contributed by atoms with van der Waals surface area (Å²) >= 11 is 7.22. The Morgan fingerprint density at radius 3 is 0.859 bits per heavy atom. The molecule has 78 heavy (non-hydrogen) atoms. The molecule has 6 nitrogen and oxygen atoms in total. The first-order chi connectivity index (χ1) is 37.5. The fourth-order valence-electron chi connectivity index (χ4n) is 12.3. The number of thiophene rings is 6. The molecule has 0 bridgehead atoms. The number of carbonyl (C=O) groups excluding carboxylic acids is 2. The summed E-state index contributed by atoms with van der Waals surface area (Å²) in [5, 5.41) is 0. The Bertz CT molecular complexity index is 3420. The van der Waals surface area contributed by atoms with Gasteiger partial charge in [-0.25, -0.2) is 0 Å². The summed E-state index contributed by atoms with van der Waals surface area (Å²) in [5.41, 5.74) is 11.4. The van der Waals surface area contributed by atoms with Gasteiger partial charge in [0.2, 0.25) is 0 Å². The van der Waals surface area contributed by atoms with Gasteiger partial charge in [0.25, 0.3) is 0 Å². The van der Waals surface area contributed by atoms with Crippen LogP contribution in [0.1, 0.15) is 177 Å². The summed E-state index contributed by atoms with van der Waals surface area (Å²) in [5.74, 6) is 2.74. The predicted molar refractivity (Wildman–Crippen MR) is 362 cm³/mol. The van der Waals surface area contributed by atoms with Crippen molar-refractivity contribution in [1.82, 2.24) is 18.3 Å². The maximum absolute atomic E-state index is 11.7. The maximum atomic E-state index is 11.7. The number of carbonyl (C=O) groups is 2. The molecular formula is C64H92N4O2S6Sn2. The molecule has 10 heterocycles. The molecule has 0 aromatic carbocycles. The molecule has 424 valence electrons. The topological polar surface area (TPSA) is 53.9 Å². The minimum atomic E-state index is -2.18. The van der Waals surface area contributed by atoms with Crippen LogP contribution in [0.25, 0.3) is 81.7 Å². The maximum Gasteiger partial charge on any atom is 0.160 e. The molecule has 14 heteroatoms. The van der Waals surface area contributed by atoms with Crippen molar-refractivity contribution in [3.63, 3.8) is 0 Å². The number of hydrogen-bond acceptors (Lipinski definition) is 8. The van der Waals surface area contributed by atoms with Gasteiger partial charge in [-0.2, -0.15) is 0 Å². The first-order valence-electron chi connectivity index (χ1n) is 30.4. The van der Waals surface area contributed by atoms with Crippen LogP contribution in [-0.4, -0.2) is 67.6 Å². The fourth-order valence-corrected chi connectivity index (χ4v) is 30.1. The van der Waals surface area contributed by atoms with E-state index in [0.29, 0.717) is 11.8 Å². The van der Waals surface area contributed by atoms with Crippen molar-refractivity contribution >= 4 is 205 Å². The fraction of sp³-hybridized carbons (Fsp3) is 0.594. The molecule has 0 N–H and O–H groups in total. The number of aromatic nitrogens is 4. The summed E-state index contributed by atoms with van der Waals surface area (Å²) in [4.78, 5) is 40.6. The zero-order chi connectivity index (χ0) is 55.8. The minimum Gasteiger partial charge on any atom is -0.337 e. The van der Waals surface area contributed by atoms with E-state index in [9.17, 15) is 9.59 Å². The molecule has 0 saturated heterocycles. The van der Waals surface area contributed by atoms with Gasteiger partial charge in [0.1, 0.15) is 0 Å². The molecule has 0 radical (unpaired) electrons. The third-order valence-electron chi connectivity index (χ3n) is 17.3. The monoisotopic (exact) mass is 1380 g/mol. The SMILES string of the molecule is CCCCC(CC)Cn1c2c[c]([Sn]([CH3])([CH3])[CH3])sc2c2sc3c4s[c]([Sn]([CH3])([CH3])[CH3])cc4n(CC(CC)CCCC)c3c21.CCCCC(CC)Cn1c2cc(C=O)sc2c2sc3c4sc(C=O)cc4n(CC(CC)CCCC)c3c21. The summed E-state index contributed by atoms with van der Waals surface area (Å²) in [6, 6.07) is 9.51. The van der Waals surface area contributed by atoms with Crippen molar-refractivity contribution in [2.75, 3.05) is 0 Å². The Balaban J connectivity index is 0.000000191. The van der Waals surface area contributed by atoms with Gasteiger partial charge in [0.05, 0.1) is 50.6 Å². The molecule has 0 saturated carbocycles. The molecule has 10 rings (SSSR count). The van der Waals surface area contributed by atoms with Gasteiger partial charge in [-0.3, -0.25) is 9.59 Å². The van der Waals surface area contributed by atoms with E-state index < -0.39 is 36.8 Å². The first kappa shape index (κ1) is 60.9. The third kappa shape index (κ3) is 12.0. The van der Waals surface area contributed by atoms with Gasteiger partial charge in [0, 0.05) is 13.1 Å². The van der Waals surface area contributed by atoms with Gasteiger partial charge in [-0.15, -0.1) is 34.0 Å². The quantitative estimate of drug-likeness (QED) is 0.0362. The van der Waals surface area contributed by atoms with E-state index >= 15 is 0 Å². The second-order valence-electron chi connectivity index (χ2n) is 25.1. The van der Waals surface area contributed by atoms with E-state index in [1.165, 1.54) is 144 Å². The van der Waals surface area contributed by atoms with E-state index in [0.717, 1.165) is 60.1 Å². The molecule has 0 fully saturated rings. The van der Waals surface area contributed by atoms with Crippen LogP contribution < -0.4 is 5.79 Å². The van der Waals surface area contributed by atoms with Crippen LogP contribution in [-0.2, 0) is 26.2 Å². The zero-order valence-electron chi connectivity index (χ0n) is 50.0. The number of fused-ring (bicyclic) bond motifs is 14. The average molecular weight is 1380 g/mol. The van der Waals surface area contributed by atoms with Crippen LogP contribution in [0, 0.1) is 23.7 Å². The van der Waals surface area contributed by atoms with E-state index in [1.54, 1.807) is 69.3 Å². The van der Waals surface area contributed by atoms with Gasteiger partial charge < -0.3 is 9.13 Å². The Morgan fingerprint density at radius 1 is 0.372 bits per heavy atom. The van der Waals surface area contributed by atoms with Gasteiger partial charge in [-0.1, -0.05) is 66.2 Å². The van der Waals surface area contributed by atoms with Crippen molar-refractivity contribution in [1.29, 1.82) is 0 Å². The average Bonchev–Trinajstić information content (AvgIpc) is 3.95. The summed E-state index contributed by atoms with van der Waals surface area (Å²) in [7, 11) is 0. The van der Waals surface area contributed by atoms with Crippen molar-refractivity contribution < 1.29 is 9.59 Å². The van der Waals surface area contributed by atoms with Crippen LogP contribution in [0.2, 0.25) is 29.6 Å². The van der Waals surface area contributed by atoms with Crippen LogP contribution >= 0.6 is 68.0 Å².